The van der Waals surface area contributed by atoms with Gasteiger partial charge in [0.1, 0.15) is 29.7 Å². The number of likely N-dealkylation sites (tertiary alicyclic amines) is 1. The van der Waals surface area contributed by atoms with Gasteiger partial charge in [-0.2, -0.15) is 14.9 Å². The molecule has 10 heteroatoms. The molecule has 1 saturated heterocycles. The Labute approximate surface area is 213 Å². The zero-order valence-electron chi connectivity index (χ0n) is 20.5. The molecule has 0 aliphatic carbocycles. The van der Waals surface area contributed by atoms with Crippen LogP contribution >= 0.6 is 0 Å². The third-order valence-electron chi connectivity index (χ3n) is 7.02. The smallest absolute Gasteiger partial charge is 0.248 e. The van der Waals surface area contributed by atoms with Gasteiger partial charge in [0, 0.05) is 47.8 Å². The number of hydrogen-bond donors (Lipinski definition) is 3. The molecule has 1 aliphatic heterocycles. The number of rotatable bonds is 4. The van der Waals surface area contributed by atoms with Crippen LogP contribution < -0.4 is 5.73 Å². The standard InChI is InChI=1S/C27H27N7O3/c1-16-10-27(37,11-17(2)33(16)23(36)15-35)24-20(12-28)25(29)34-26(32-24)21(14-31-34)19-8-9-22(30-13-19)18-6-4-3-5-7-18/h3-9,13-14,16-17,35,37H,10-11,15,29H2,1-2H3. The predicted octanol–water partition coefficient (Wildman–Crippen LogP) is 2.49. The minimum Gasteiger partial charge on any atom is -0.387 e. The van der Waals surface area contributed by atoms with Crippen molar-refractivity contribution in [3.8, 4) is 28.5 Å². The number of aliphatic hydroxyl groups is 2. The van der Waals surface area contributed by atoms with E-state index >= 15 is 0 Å². The number of anilines is 1. The fraction of sp³-hybridized carbons (Fsp3) is 0.296. The second kappa shape index (κ2) is 9.28. The first kappa shape index (κ1) is 24.4. The number of fused-ring (bicyclic) bond motifs is 1. The molecule has 1 aliphatic rings. The van der Waals surface area contributed by atoms with Gasteiger partial charge in [-0.1, -0.05) is 36.4 Å². The number of aliphatic hydroxyl groups excluding tert-OH is 1. The van der Waals surface area contributed by atoms with Crippen LogP contribution in [0, 0.1) is 11.3 Å². The molecule has 1 amide bonds. The average Bonchev–Trinajstić information content (AvgIpc) is 3.33. The number of nitrogen functional groups attached to an aromatic ring is 1. The van der Waals surface area contributed by atoms with Gasteiger partial charge in [0.25, 0.3) is 0 Å². The van der Waals surface area contributed by atoms with Gasteiger partial charge in [-0.05, 0) is 19.9 Å². The van der Waals surface area contributed by atoms with Crippen LogP contribution in [-0.2, 0) is 10.4 Å². The summed E-state index contributed by atoms with van der Waals surface area (Å²) in [7, 11) is 0. The second-order valence-electron chi connectivity index (χ2n) is 9.52. The average molecular weight is 498 g/mol. The number of pyridine rings is 1. The van der Waals surface area contributed by atoms with Crippen molar-refractivity contribution in [2.45, 2.75) is 44.4 Å². The van der Waals surface area contributed by atoms with Gasteiger partial charge in [-0.15, -0.1) is 0 Å². The summed E-state index contributed by atoms with van der Waals surface area (Å²) in [6.07, 6.45) is 3.61. The summed E-state index contributed by atoms with van der Waals surface area (Å²) in [6, 6.07) is 15.0. The molecule has 10 nitrogen and oxygen atoms in total. The Kier molecular flexibility index (Phi) is 6.11. The number of nitriles is 1. The molecule has 1 aromatic carbocycles. The van der Waals surface area contributed by atoms with Crippen LogP contribution in [0.15, 0.2) is 54.9 Å². The highest BCUT2D eigenvalue weighted by Gasteiger charge is 2.46. The number of hydrogen-bond acceptors (Lipinski definition) is 8. The minimum absolute atomic E-state index is 0.0449. The second-order valence-corrected chi connectivity index (χ2v) is 9.52. The van der Waals surface area contributed by atoms with E-state index in [2.05, 4.69) is 16.2 Å². The SMILES string of the molecule is CC1CC(O)(c2nc3c(-c4ccc(-c5ccccc5)nc4)cnn3c(N)c2C#N)CC(C)N1C(=O)CO. The zero-order chi connectivity index (χ0) is 26.3. The Morgan fingerprint density at radius 1 is 1.14 bits per heavy atom. The van der Waals surface area contributed by atoms with E-state index < -0.39 is 30.2 Å². The van der Waals surface area contributed by atoms with Gasteiger partial charge in [0.15, 0.2) is 5.65 Å². The molecule has 37 heavy (non-hydrogen) atoms. The van der Waals surface area contributed by atoms with Gasteiger partial charge in [0.2, 0.25) is 5.91 Å². The monoisotopic (exact) mass is 497 g/mol. The molecular formula is C27H27N7O3. The molecule has 5 rings (SSSR count). The molecule has 4 heterocycles. The molecule has 2 atom stereocenters. The van der Waals surface area contributed by atoms with Gasteiger partial charge in [-0.25, -0.2) is 4.98 Å². The summed E-state index contributed by atoms with van der Waals surface area (Å²) in [6.45, 7) is 2.99. The fourth-order valence-electron chi connectivity index (χ4n) is 5.46. The number of nitrogens with two attached hydrogens (primary N) is 1. The Hall–Kier alpha value is -4.33. The summed E-state index contributed by atoms with van der Waals surface area (Å²) < 4.78 is 1.39. The first-order chi connectivity index (χ1) is 17.8. The van der Waals surface area contributed by atoms with E-state index in [9.17, 15) is 20.3 Å². The Morgan fingerprint density at radius 3 is 2.43 bits per heavy atom. The molecule has 0 bridgehead atoms. The van der Waals surface area contributed by atoms with Gasteiger partial charge >= 0.3 is 0 Å². The number of carbonyl (C=O) groups excluding carboxylic acids is 1. The van der Waals surface area contributed by atoms with E-state index in [0.29, 0.717) is 11.2 Å². The number of piperidine rings is 1. The first-order valence-electron chi connectivity index (χ1n) is 12.0. The highest BCUT2D eigenvalue weighted by molar-refractivity contribution is 5.80. The summed E-state index contributed by atoms with van der Waals surface area (Å²) in [5.41, 5.74) is 8.68. The molecular weight excluding hydrogens is 470 g/mol. The van der Waals surface area contributed by atoms with E-state index in [1.165, 1.54) is 4.52 Å². The van der Waals surface area contributed by atoms with Crippen LogP contribution in [0.2, 0.25) is 0 Å². The van der Waals surface area contributed by atoms with Crippen molar-refractivity contribution in [3.63, 3.8) is 0 Å². The van der Waals surface area contributed by atoms with Crippen molar-refractivity contribution in [1.29, 1.82) is 5.26 Å². The van der Waals surface area contributed by atoms with Gasteiger partial charge < -0.3 is 20.8 Å². The number of carbonyl (C=O) groups is 1. The van der Waals surface area contributed by atoms with Gasteiger partial charge in [-0.3, -0.25) is 9.78 Å². The van der Waals surface area contributed by atoms with Crippen molar-refractivity contribution in [2.75, 3.05) is 12.3 Å². The Balaban J connectivity index is 1.59. The van der Waals surface area contributed by atoms with E-state index in [-0.39, 0.29) is 29.9 Å². The molecule has 2 unspecified atom stereocenters. The van der Waals surface area contributed by atoms with Gasteiger partial charge in [0.05, 0.1) is 17.6 Å². The minimum atomic E-state index is -1.51. The summed E-state index contributed by atoms with van der Waals surface area (Å²) in [5, 5.41) is 35.5. The molecule has 3 aromatic heterocycles. The molecule has 0 saturated carbocycles. The fourth-order valence-corrected chi connectivity index (χ4v) is 5.46. The molecule has 188 valence electrons. The summed E-state index contributed by atoms with van der Waals surface area (Å²) in [4.78, 5) is 23.2. The zero-order valence-corrected chi connectivity index (χ0v) is 20.5. The van der Waals surface area contributed by atoms with Crippen molar-refractivity contribution >= 4 is 17.4 Å². The lowest BCUT2D eigenvalue weighted by molar-refractivity contribution is -0.148. The van der Waals surface area contributed by atoms with E-state index in [4.69, 9.17) is 10.7 Å². The topological polar surface area (TPSA) is 154 Å². The third kappa shape index (κ3) is 4.08. The largest absolute Gasteiger partial charge is 0.387 e. The lowest BCUT2D eigenvalue weighted by Crippen LogP contribution is -2.56. The first-order valence-corrected chi connectivity index (χ1v) is 12.0. The van der Waals surface area contributed by atoms with Crippen LogP contribution in [-0.4, -0.2) is 59.3 Å². The molecule has 0 spiro atoms. The molecule has 4 N–H and O–H groups in total. The van der Waals surface area contributed by atoms with E-state index in [1.807, 2.05) is 42.5 Å². The summed E-state index contributed by atoms with van der Waals surface area (Å²) in [5.74, 6) is -0.333. The molecule has 4 aromatic rings. The Morgan fingerprint density at radius 2 is 1.84 bits per heavy atom. The van der Waals surface area contributed by atoms with E-state index in [1.54, 1.807) is 31.1 Å². The predicted molar refractivity (Wildman–Crippen MR) is 137 cm³/mol. The summed E-state index contributed by atoms with van der Waals surface area (Å²) >= 11 is 0. The number of nitrogens with zero attached hydrogens (tertiary/aromatic N) is 6. The highest BCUT2D eigenvalue weighted by Crippen LogP contribution is 2.41. The van der Waals surface area contributed by atoms with Crippen LogP contribution in [0.4, 0.5) is 5.82 Å². The lowest BCUT2D eigenvalue weighted by atomic mass is 9.79. The van der Waals surface area contributed by atoms with Crippen LogP contribution in [0.3, 0.4) is 0 Å². The number of aromatic nitrogens is 4. The van der Waals surface area contributed by atoms with Crippen LogP contribution in [0.1, 0.15) is 37.9 Å². The van der Waals surface area contributed by atoms with Crippen molar-refractivity contribution < 1.29 is 15.0 Å². The maximum absolute atomic E-state index is 12.3. The highest BCUT2D eigenvalue weighted by atomic mass is 16.3. The maximum atomic E-state index is 12.3. The number of amides is 1. The lowest BCUT2D eigenvalue weighted by Gasteiger charge is -2.46. The van der Waals surface area contributed by atoms with Crippen LogP contribution in [0.5, 0.6) is 0 Å². The van der Waals surface area contributed by atoms with Crippen molar-refractivity contribution in [1.82, 2.24) is 24.5 Å². The quantitative estimate of drug-likeness (QED) is 0.389. The maximum Gasteiger partial charge on any atom is 0.248 e. The van der Waals surface area contributed by atoms with Crippen molar-refractivity contribution in [2.24, 2.45) is 0 Å². The van der Waals surface area contributed by atoms with Crippen molar-refractivity contribution in [3.05, 3.63) is 66.1 Å². The normalized spacial score (nSPS) is 21.6. The van der Waals surface area contributed by atoms with Crippen LogP contribution in [0.25, 0.3) is 28.0 Å². The molecule has 0 radical (unpaired) electrons. The third-order valence-corrected chi connectivity index (χ3v) is 7.02. The Bertz CT molecular complexity index is 1500. The molecule has 1 fully saturated rings. The van der Waals surface area contributed by atoms with E-state index in [0.717, 1.165) is 16.8 Å². The number of benzene rings is 1.